The van der Waals surface area contributed by atoms with E-state index in [2.05, 4.69) is 5.32 Å². The summed E-state index contributed by atoms with van der Waals surface area (Å²) >= 11 is 0. The summed E-state index contributed by atoms with van der Waals surface area (Å²) in [5.74, 6) is 1.33. The first-order chi connectivity index (χ1) is 12.1. The Morgan fingerprint density at radius 2 is 2.04 bits per heavy atom. The van der Waals surface area contributed by atoms with Crippen molar-refractivity contribution in [3.63, 3.8) is 0 Å². The van der Waals surface area contributed by atoms with E-state index in [1.165, 1.54) is 13.0 Å². The van der Waals surface area contributed by atoms with E-state index in [0.717, 1.165) is 5.56 Å². The Morgan fingerprint density at radius 3 is 2.80 bits per heavy atom. The summed E-state index contributed by atoms with van der Waals surface area (Å²) in [4.78, 5) is 23.5. The highest BCUT2D eigenvalue weighted by molar-refractivity contribution is 6.07. The molecule has 0 aliphatic carbocycles. The molecular weight excluding hydrogens is 322 g/mol. The van der Waals surface area contributed by atoms with Crippen molar-refractivity contribution in [3.8, 4) is 17.2 Å². The van der Waals surface area contributed by atoms with Crippen LogP contribution in [0.25, 0.3) is 6.08 Å². The van der Waals surface area contributed by atoms with Gasteiger partial charge in [-0.3, -0.25) is 9.59 Å². The summed E-state index contributed by atoms with van der Waals surface area (Å²) < 4.78 is 16.0. The molecule has 0 unspecified atom stereocenters. The van der Waals surface area contributed by atoms with Crippen LogP contribution < -0.4 is 19.5 Å². The minimum atomic E-state index is -0.187. The number of anilines is 1. The van der Waals surface area contributed by atoms with Crippen LogP contribution in [0.5, 0.6) is 17.2 Å². The molecule has 0 saturated carbocycles. The maximum absolute atomic E-state index is 12.4. The molecule has 0 atom stereocenters. The lowest BCUT2D eigenvalue weighted by Crippen LogP contribution is -2.06. The maximum Gasteiger partial charge on any atom is 0.231 e. The van der Waals surface area contributed by atoms with Gasteiger partial charge in [0, 0.05) is 18.2 Å². The molecule has 128 valence electrons. The van der Waals surface area contributed by atoms with Crippen LogP contribution in [0.2, 0.25) is 0 Å². The lowest BCUT2D eigenvalue weighted by Gasteiger charge is -2.06. The molecule has 0 saturated heterocycles. The fourth-order valence-electron chi connectivity index (χ4n) is 2.47. The molecule has 1 heterocycles. The van der Waals surface area contributed by atoms with Gasteiger partial charge in [-0.15, -0.1) is 0 Å². The van der Waals surface area contributed by atoms with Crippen molar-refractivity contribution in [1.82, 2.24) is 0 Å². The molecule has 0 fully saturated rings. The number of hydrogen-bond donors (Lipinski definition) is 1. The van der Waals surface area contributed by atoms with E-state index in [1.807, 2.05) is 0 Å². The molecule has 3 rings (SSSR count). The number of rotatable bonds is 5. The monoisotopic (exact) mass is 339 g/mol. The topological polar surface area (TPSA) is 73.9 Å². The standard InChI is InChI=1S/C19H17NO5/c1-12(21)20-15-5-3-4-14(10-15)16(22)7-6-13-8-17(23-2)19-18(9-13)24-11-25-19/h3-10H,11H2,1-2H3,(H,20,21)/b7-6+. The number of carbonyl (C=O) groups excluding carboxylic acids is 2. The van der Waals surface area contributed by atoms with Gasteiger partial charge in [0.25, 0.3) is 0 Å². The number of allylic oxidation sites excluding steroid dienone is 1. The van der Waals surface area contributed by atoms with E-state index in [-0.39, 0.29) is 18.5 Å². The van der Waals surface area contributed by atoms with Crippen molar-refractivity contribution in [1.29, 1.82) is 0 Å². The number of ether oxygens (including phenoxy) is 3. The third-order valence-electron chi connectivity index (χ3n) is 3.58. The average Bonchev–Trinajstić information content (AvgIpc) is 3.07. The number of benzene rings is 2. The number of carbonyl (C=O) groups is 2. The van der Waals surface area contributed by atoms with Crippen molar-refractivity contribution in [2.45, 2.75) is 6.92 Å². The number of amides is 1. The van der Waals surface area contributed by atoms with E-state index in [0.29, 0.717) is 28.5 Å². The number of methoxy groups -OCH3 is 1. The van der Waals surface area contributed by atoms with Gasteiger partial charge in [-0.2, -0.15) is 0 Å². The van der Waals surface area contributed by atoms with Gasteiger partial charge in [0.1, 0.15) is 0 Å². The smallest absolute Gasteiger partial charge is 0.231 e. The summed E-state index contributed by atoms with van der Waals surface area (Å²) in [6.07, 6.45) is 3.14. The summed E-state index contributed by atoms with van der Waals surface area (Å²) in [5.41, 5.74) is 1.82. The summed E-state index contributed by atoms with van der Waals surface area (Å²) in [7, 11) is 1.55. The fraction of sp³-hybridized carbons (Fsp3) is 0.158. The van der Waals surface area contributed by atoms with Crippen LogP contribution in [0.1, 0.15) is 22.8 Å². The maximum atomic E-state index is 12.4. The number of nitrogens with one attached hydrogen (secondary N) is 1. The molecule has 25 heavy (non-hydrogen) atoms. The Bertz CT molecular complexity index is 857. The summed E-state index contributed by atoms with van der Waals surface area (Å²) in [6, 6.07) is 10.3. The first kappa shape index (κ1) is 16.6. The molecule has 0 radical (unpaired) electrons. The molecule has 2 aromatic carbocycles. The van der Waals surface area contributed by atoms with Gasteiger partial charge in [0.15, 0.2) is 17.3 Å². The van der Waals surface area contributed by atoms with Gasteiger partial charge in [-0.25, -0.2) is 0 Å². The lowest BCUT2D eigenvalue weighted by molar-refractivity contribution is -0.114. The van der Waals surface area contributed by atoms with Gasteiger partial charge in [0.05, 0.1) is 7.11 Å². The lowest BCUT2D eigenvalue weighted by atomic mass is 10.1. The Morgan fingerprint density at radius 1 is 1.20 bits per heavy atom. The largest absolute Gasteiger partial charge is 0.493 e. The van der Waals surface area contributed by atoms with Crippen LogP contribution >= 0.6 is 0 Å². The Balaban J connectivity index is 1.80. The number of fused-ring (bicyclic) bond motifs is 1. The third-order valence-corrected chi connectivity index (χ3v) is 3.58. The van der Waals surface area contributed by atoms with Crippen LogP contribution in [0.3, 0.4) is 0 Å². The highest BCUT2D eigenvalue weighted by Gasteiger charge is 2.19. The van der Waals surface area contributed by atoms with Crippen molar-refractivity contribution < 1.29 is 23.8 Å². The zero-order chi connectivity index (χ0) is 17.8. The SMILES string of the molecule is COc1cc(/C=C/C(=O)c2cccc(NC(C)=O)c2)cc2c1OCO2. The van der Waals surface area contributed by atoms with Gasteiger partial charge in [-0.1, -0.05) is 18.2 Å². The van der Waals surface area contributed by atoms with Crippen molar-refractivity contribution >= 4 is 23.5 Å². The Kier molecular flexibility index (Phi) is 4.70. The molecule has 1 N–H and O–H groups in total. The predicted molar refractivity (Wildman–Crippen MR) is 93.2 cm³/mol. The summed E-state index contributed by atoms with van der Waals surface area (Å²) in [5, 5.41) is 2.65. The van der Waals surface area contributed by atoms with Crippen molar-refractivity contribution in [2.75, 3.05) is 19.2 Å². The molecular formula is C19H17NO5. The predicted octanol–water partition coefficient (Wildman–Crippen LogP) is 3.28. The Hall–Kier alpha value is -3.28. The molecule has 1 amide bonds. The molecule has 0 bridgehead atoms. The van der Waals surface area contributed by atoms with Crippen LogP contribution in [0, 0.1) is 0 Å². The normalized spacial score (nSPS) is 12.2. The van der Waals surface area contributed by atoms with Crippen LogP contribution in [0.4, 0.5) is 5.69 Å². The van der Waals surface area contributed by atoms with Crippen molar-refractivity contribution in [2.24, 2.45) is 0 Å². The second-order valence-corrected chi connectivity index (χ2v) is 5.42. The fourth-order valence-corrected chi connectivity index (χ4v) is 2.47. The highest BCUT2D eigenvalue weighted by Crippen LogP contribution is 2.42. The van der Waals surface area contributed by atoms with Gasteiger partial charge >= 0.3 is 0 Å². The minimum absolute atomic E-state index is 0.147. The highest BCUT2D eigenvalue weighted by atomic mass is 16.7. The Labute approximate surface area is 145 Å². The molecule has 0 aromatic heterocycles. The van der Waals surface area contributed by atoms with Crippen LogP contribution in [-0.4, -0.2) is 25.6 Å². The summed E-state index contributed by atoms with van der Waals surface area (Å²) in [6.45, 7) is 1.56. The second-order valence-electron chi connectivity index (χ2n) is 5.42. The zero-order valence-electron chi connectivity index (χ0n) is 13.9. The van der Waals surface area contributed by atoms with Crippen LogP contribution in [0.15, 0.2) is 42.5 Å². The molecule has 6 heteroatoms. The number of hydrogen-bond acceptors (Lipinski definition) is 5. The van der Waals surface area contributed by atoms with E-state index < -0.39 is 0 Å². The van der Waals surface area contributed by atoms with E-state index in [1.54, 1.807) is 49.6 Å². The molecule has 1 aliphatic rings. The quantitative estimate of drug-likeness (QED) is 0.668. The first-order valence-corrected chi connectivity index (χ1v) is 7.64. The number of ketones is 1. The molecule has 6 nitrogen and oxygen atoms in total. The van der Waals surface area contributed by atoms with Gasteiger partial charge in [-0.05, 0) is 35.9 Å². The van der Waals surface area contributed by atoms with E-state index in [9.17, 15) is 9.59 Å². The zero-order valence-corrected chi connectivity index (χ0v) is 13.9. The molecule has 2 aromatic rings. The minimum Gasteiger partial charge on any atom is -0.493 e. The van der Waals surface area contributed by atoms with E-state index in [4.69, 9.17) is 14.2 Å². The average molecular weight is 339 g/mol. The molecule has 0 spiro atoms. The first-order valence-electron chi connectivity index (χ1n) is 7.64. The van der Waals surface area contributed by atoms with Gasteiger partial charge < -0.3 is 19.5 Å². The van der Waals surface area contributed by atoms with E-state index >= 15 is 0 Å². The van der Waals surface area contributed by atoms with Crippen LogP contribution in [-0.2, 0) is 4.79 Å². The second kappa shape index (κ2) is 7.09. The third kappa shape index (κ3) is 3.80. The molecule has 1 aliphatic heterocycles. The van der Waals surface area contributed by atoms with Gasteiger partial charge in [0.2, 0.25) is 18.4 Å². The van der Waals surface area contributed by atoms with Crippen molar-refractivity contribution in [3.05, 3.63) is 53.6 Å².